The van der Waals surface area contributed by atoms with Crippen molar-refractivity contribution in [3.8, 4) is 17.2 Å². The van der Waals surface area contributed by atoms with E-state index >= 15 is 0 Å². The van der Waals surface area contributed by atoms with Crippen LogP contribution in [0.5, 0.6) is 17.2 Å². The van der Waals surface area contributed by atoms with Crippen LogP contribution in [0.25, 0.3) is 0 Å². The van der Waals surface area contributed by atoms with E-state index in [0.717, 1.165) is 0 Å². The third-order valence-corrected chi connectivity index (χ3v) is 2.88. The molecule has 0 aromatic heterocycles. The summed E-state index contributed by atoms with van der Waals surface area (Å²) in [4.78, 5) is 0. The van der Waals surface area contributed by atoms with Gasteiger partial charge in [0.05, 0.1) is 34.5 Å². The fraction of sp³-hybridized carbons (Fsp3) is 0.500. The van der Waals surface area contributed by atoms with Gasteiger partial charge in [-0.1, -0.05) is 0 Å². The van der Waals surface area contributed by atoms with E-state index in [9.17, 15) is 5.11 Å². The maximum absolute atomic E-state index is 10.2. The van der Waals surface area contributed by atoms with Crippen molar-refractivity contribution in [1.82, 2.24) is 0 Å². The van der Waals surface area contributed by atoms with Crippen molar-refractivity contribution in [2.75, 3.05) is 34.5 Å². The van der Waals surface area contributed by atoms with E-state index < -0.39 is 5.60 Å². The maximum Gasteiger partial charge on any atom is 0.203 e. The fourth-order valence-electron chi connectivity index (χ4n) is 1.81. The third kappa shape index (κ3) is 1.92. The number of rotatable bonds is 4. The maximum atomic E-state index is 10.2. The summed E-state index contributed by atoms with van der Waals surface area (Å²) in [6.45, 7) is 0.567. The summed E-state index contributed by atoms with van der Waals surface area (Å²) < 4.78 is 20.7. The lowest BCUT2D eigenvalue weighted by atomic mass is 9.91. The molecule has 94 valence electrons. The Balaban J connectivity index is 2.48. The van der Waals surface area contributed by atoms with E-state index in [1.807, 2.05) is 0 Å². The van der Waals surface area contributed by atoms with Crippen molar-refractivity contribution in [1.29, 1.82) is 0 Å². The molecule has 5 heteroatoms. The van der Waals surface area contributed by atoms with Crippen molar-refractivity contribution >= 4 is 0 Å². The summed E-state index contributed by atoms with van der Waals surface area (Å²) in [5.74, 6) is 1.58. The number of methoxy groups -OCH3 is 3. The van der Waals surface area contributed by atoms with Crippen molar-refractivity contribution in [3.05, 3.63) is 17.7 Å². The van der Waals surface area contributed by atoms with E-state index in [2.05, 4.69) is 0 Å². The Morgan fingerprint density at radius 2 is 1.59 bits per heavy atom. The predicted molar refractivity (Wildman–Crippen MR) is 60.8 cm³/mol. The summed E-state index contributed by atoms with van der Waals surface area (Å²) in [5.41, 5.74) is -0.245. The minimum Gasteiger partial charge on any atom is -0.493 e. The lowest BCUT2D eigenvalue weighted by Gasteiger charge is -2.37. The first-order valence-corrected chi connectivity index (χ1v) is 5.25. The van der Waals surface area contributed by atoms with Gasteiger partial charge in [0.2, 0.25) is 5.75 Å². The molecule has 0 spiro atoms. The van der Waals surface area contributed by atoms with Crippen LogP contribution in [0.2, 0.25) is 0 Å². The molecule has 17 heavy (non-hydrogen) atoms. The summed E-state index contributed by atoms with van der Waals surface area (Å²) in [7, 11) is 4.63. The molecule has 1 aromatic rings. The molecule has 1 fully saturated rings. The highest BCUT2D eigenvalue weighted by molar-refractivity contribution is 5.55. The predicted octanol–water partition coefficient (Wildman–Crippen LogP) is 0.930. The Bertz CT molecular complexity index is 386. The average Bonchev–Trinajstić information content (AvgIpc) is 2.33. The van der Waals surface area contributed by atoms with Crippen molar-refractivity contribution < 1.29 is 24.1 Å². The Morgan fingerprint density at radius 3 is 1.88 bits per heavy atom. The van der Waals surface area contributed by atoms with Gasteiger partial charge in [-0.25, -0.2) is 0 Å². The Morgan fingerprint density at radius 1 is 1.06 bits per heavy atom. The van der Waals surface area contributed by atoms with Gasteiger partial charge in [-0.05, 0) is 17.7 Å². The SMILES string of the molecule is COc1cc(C2(O)COC2)cc(OC)c1OC. The molecule has 0 bridgehead atoms. The van der Waals surface area contributed by atoms with Gasteiger partial charge in [0, 0.05) is 0 Å². The van der Waals surface area contributed by atoms with Gasteiger partial charge in [-0.2, -0.15) is 0 Å². The minimum atomic E-state index is -0.952. The first kappa shape index (κ1) is 12.0. The monoisotopic (exact) mass is 240 g/mol. The van der Waals surface area contributed by atoms with E-state index in [-0.39, 0.29) is 13.2 Å². The Hall–Kier alpha value is -1.46. The quantitative estimate of drug-likeness (QED) is 0.848. The van der Waals surface area contributed by atoms with E-state index in [1.165, 1.54) is 0 Å². The van der Waals surface area contributed by atoms with Crippen LogP contribution < -0.4 is 14.2 Å². The van der Waals surface area contributed by atoms with Crippen molar-refractivity contribution in [3.63, 3.8) is 0 Å². The summed E-state index contributed by atoms with van der Waals surface area (Å²) in [6.07, 6.45) is 0. The van der Waals surface area contributed by atoms with E-state index in [1.54, 1.807) is 33.5 Å². The molecule has 0 atom stereocenters. The molecule has 5 nitrogen and oxygen atoms in total. The van der Waals surface area contributed by atoms with Crippen LogP contribution in [0.1, 0.15) is 5.56 Å². The highest BCUT2D eigenvalue weighted by Gasteiger charge is 2.39. The molecular weight excluding hydrogens is 224 g/mol. The van der Waals surface area contributed by atoms with Crippen LogP contribution in [0.4, 0.5) is 0 Å². The molecule has 0 amide bonds. The molecule has 1 saturated heterocycles. The van der Waals surface area contributed by atoms with Crippen LogP contribution in [-0.4, -0.2) is 39.6 Å². The summed E-state index contributed by atoms with van der Waals surface area (Å²) in [5, 5.41) is 10.2. The smallest absolute Gasteiger partial charge is 0.203 e. The van der Waals surface area contributed by atoms with Gasteiger partial charge in [0.15, 0.2) is 11.5 Å². The number of ether oxygens (including phenoxy) is 4. The van der Waals surface area contributed by atoms with Crippen LogP contribution in [-0.2, 0) is 10.3 Å². The second kappa shape index (κ2) is 4.43. The zero-order chi connectivity index (χ0) is 12.5. The van der Waals surface area contributed by atoms with Gasteiger partial charge in [-0.3, -0.25) is 0 Å². The van der Waals surface area contributed by atoms with Crippen LogP contribution in [0.3, 0.4) is 0 Å². The van der Waals surface area contributed by atoms with Crippen molar-refractivity contribution in [2.45, 2.75) is 5.60 Å². The van der Waals surface area contributed by atoms with E-state index in [0.29, 0.717) is 22.8 Å². The first-order chi connectivity index (χ1) is 8.14. The van der Waals surface area contributed by atoms with Gasteiger partial charge >= 0.3 is 0 Å². The fourth-order valence-corrected chi connectivity index (χ4v) is 1.81. The number of hydrogen-bond donors (Lipinski definition) is 1. The highest BCUT2D eigenvalue weighted by Crippen LogP contribution is 2.42. The van der Waals surface area contributed by atoms with E-state index in [4.69, 9.17) is 18.9 Å². The van der Waals surface area contributed by atoms with Gasteiger partial charge in [0.25, 0.3) is 0 Å². The van der Waals surface area contributed by atoms with Gasteiger partial charge < -0.3 is 24.1 Å². The Labute approximate surface area is 99.9 Å². The first-order valence-electron chi connectivity index (χ1n) is 5.25. The van der Waals surface area contributed by atoms with Crippen LogP contribution in [0, 0.1) is 0 Å². The summed E-state index contributed by atoms with van der Waals surface area (Å²) in [6, 6.07) is 3.48. The molecule has 2 rings (SSSR count). The number of benzene rings is 1. The molecule has 1 heterocycles. The van der Waals surface area contributed by atoms with Crippen molar-refractivity contribution in [2.24, 2.45) is 0 Å². The molecule has 0 radical (unpaired) electrons. The zero-order valence-corrected chi connectivity index (χ0v) is 10.1. The third-order valence-electron chi connectivity index (χ3n) is 2.88. The number of aliphatic hydroxyl groups is 1. The second-order valence-corrected chi connectivity index (χ2v) is 3.94. The molecule has 0 saturated carbocycles. The lowest BCUT2D eigenvalue weighted by Crippen LogP contribution is -2.46. The molecule has 1 aliphatic rings. The largest absolute Gasteiger partial charge is 0.493 e. The summed E-state index contributed by atoms with van der Waals surface area (Å²) >= 11 is 0. The van der Waals surface area contributed by atoms with Gasteiger partial charge in [-0.15, -0.1) is 0 Å². The number of hydrogen-bond acceptors (Lipinski definition) is 5. The van der Waals surface area contributed by atoms with Crippen LogP contribution in [0.15, 0.2) is 12.1 Å². The standard InChI is InChI=1S/C12H16O5/c1-14-9-4-8(12(13)6-17-7-12)5-10(15-2)11(9)16-3/h4-5,13H,6-7H2,1-3H3. The Kier molecular flexibility index (Phi) is 3.13. The van der Waals surface area contributed by atoms with Gasteiger partial charge in [0.1, 0.15) is 5.60 Å². The molecule has 1 N–H and O–H groups in total. The average molecular weight is 240 g/mol. The highest BCUT2D eigenvalue weighted by atomic mass is 16.5. The molecule has 0 aliphatic carbocycles. The topological polar surface area (TPSA) is 57.2 Å². The normalized spacial score (nSPS) is 17.2. The zero-order valence-electron chi connectivity index (χ0n) is 10.1. The lowest BCUT2D eigenvalue weighted by molar-refractivity contribution is -0.184. The molecule has 1 aromatic carbocycles. The molecular formula is C12H16O5. The molecule has 1 aliphatic heterocycles. The molecule has 0 unspecified atom stereocenters. The van der Waals surface area contributed by atoms with Crippen LogP contribution >= 0.6 is 0 Å². The minimum absolute atomic E-state index is 0.283. The second-order valence-electron chi connectivity index (χ2n) is 3.94.